The molecule has 0 N–H and O–H groups in total. The lowest BCUT2D eigenvalue weighted by Crippen LogP contribution is -2.04. The van der Waals surface area contributed by atoms with Crippen molar-refractivity contribution in [3.05, 3.63) is 0 Å². The molecule has 0 saturated heterocycles. The fourth-order valence-corrected chi connectivity index (χ4v) is 0.303. The fourth-order valence-electron chi connectivity index (χ4n) is 0.303. The molecule has 0 aromatic carbocycles. The van der Waals surface area contributed by atoms with Crippen LogP contribution in [0.2, 0.25) is 0 Å². The first-order chi connectivity index (χ1) is 4.91. The minimum atomic E-state index is 0.156. The van der Waals surface area contributed by atoms with E-state index in [1.165, 1.54) is 0 Å². The molecule has 0 rings (SSSR count). The summed E-state index contributed by atoms with van der Waals surface area (Å²) in [6, 6.07) is 0. The maximum absolute atomic E-state index is 4.81. The SMILES string of the molecule is CCOCOOCOCC. The molecule has 62 valence electrons. The molecule has 0 unspecified atom stereocenters. The van der Waals surface area contributed by atoms with Crippen molar-refractivity contribution in [3.63, 3.8) is 0 Å². The highest BCUT2D eigenvalue weighted by molar-refractivity contribution is 4.03. The molecule has 0 aromatic rings. The summed E-state index contributed by atoms with van der Waals surface area (Å²) in [6.07, 6.45) is 0. The van der Waals surface area contributed by atoms with Crippen LogP contribution in [0.25, 0.3) is 0 Å². The van der Waals surface area contributed by atoms with Crippen molar-refractivity contribution in [2.75, 3.05) is 26.8 Å². The van der Waals surface area contributed by atoms with Gasteiger partial charge in [0, 0.05) is 13.2 Å². The van der Waals surface area contributed by atoms with Crippen molar-refractivity contribution in [2.45, 2.75) is 13.8 Å². The van der Waals surface area contributed by atoms with Crippen molar-refractivity contribution >= 4 is 0 Å². The predicted molar refractivity (Wildman–Crippen MR) is 35.2 cm³/mol. The monoisotopic (exact) mass is 150 g/mol. The van der Waals surface area contributed by atoms with Gasteiger partial charge in [-0.2, -0.15) is 0 Å². The average molecular weight is 150 g/mol. The standard InChI is InChI=1S/C6H14O4/c1-3-7-5-9-10-6-8-4-2/h3-6H2,1-2H3. The van der Waals surface area contributed by atoms with Gasteiger partial charge in [-0.3, -0.25) is 0 Å². The summed E-state index contributed by atoms with van der Waals surface area (Å²) >= 11 is 0. The van der Waals surface area contributed by atoms with Gasteiger partial charge < -0.3 is 9.47 Å². The third-order valence-electron chi connectivity index (χ3n) is 0.754. The average Bonchev–Trinajstić information content (AvgIpc) is 1.97. The van der Waals surface area contributed by atoms with Crippen LogP contribution in [0.5, 0.6) is 0 Å². The summed E-state index contributed by atoms with van der Waals surface area (Å²) in [5.41, 5.74) is 0. The topological polar surface area (TPSA) is 36.9 Å². The van der Waals surface area contributed by atoms with E-state index < -0.39 is 0 Å². The molecule has 0 bridgehead atoms. The molecule has 0 fully saturated rings. The Bertz CT molecular complexity index is 49.7. The van der Waals surface area contributed by atoms with Crippen LogP contribution >= 0.6 is 0 Å². The van der Waals surface area contributed by atoms with Crippen LogP contribution in [0.3, 0.4) is 0 Å². The van der Waals surface area contributed by atoms with Gasteiger partial charge in [0.2, 0.25) is 0 Å². The molecular formula is C6H14O4. The van der Waals surface area contributed by atoms with E-state index in [2.05, 4.69) is 9.78 Å². The lowest BCUT2D eigenvalue weighted by atomic mass is 10.9. The minimum Gasteiger partial charge on any atom is -0.353 e. The van der Waals surface area contributed by atoms with Gasteiger partial charge in [0.05, 0.1) is 0 Å². The normalized spacial score (nSPS) is 10.2. The van der Waals surface area contributed by atoms with Gasteiger partial charge in [0.1, 0.15) is 0 Å². The number of hydrogen-bond acceptors (Lipinski definition) is 4. The largest absolute Gasteiger partial charge is 0.353 e. The van der Waals surface area contributed by atoms with E-state index in [-0.39, 0.29) is 13.6 Å². The summed E-state index contributed by atoms with van der Waals surface area (Å²) in [4.78, 5) is 9.06. The maximum atomic E-state index is 4.81. The number of ether oxygens (including phenoxy) is 2. The summed E-state index contributed by atoms with van der Waals surface area (Å²) in [6.45, 7) is 5.32. The minimum absolute atomic E-state index is 0.156. The molecule has 0 heterocycles. The van der Waals surface area contributed by atoms with Crippen LogP contribution < -0.4 is 0 Å². The Morgan fingerprint density at radius 2 is 1.20 bits per heavy atom. The zero-order valence-corrected chi connectivity index (χ0v) is 6.46. The second-order valence-electron chi connectivity index (χ2n) is 1.46. The Morgan fingerprint density at radius 1 is 0.800 bits per heavy atom. The highest BCUT2D eigenvalue weighted by Crippen LogP contribution is 1.81. The lowest BCUT2D eigenvalue weighted by Gasteiger charge is -2.02. The molecule has 0 aliphatic heterocycles. The molecule has 0 atom stereocenters. The summed E-state index contributed by atoms with van der Waals surface area (Å²) in [5.74, 6) is 0. The van der Waals surface area contributed by atoms with E-state index >= 15 is 0 Å². The molecule has 0 saturated carbocycles. The van der Waals surface area contributed by atoms with Crippen LogP contribution in [0.4, 0.5) is 0 Å². The van der Waals surface area contributed by atoms with Gasteiger partial charge in [0.25, 0.3) is 0 Å². The van der Waals surface area contributed by atoms with Crippen molar-refractivity contribution in [2.24, 2.45) is 0 Å². The van der Waals surface area contributed by atoms with Crippen LogP contribution in [0, 0.1) is 0 Å². The quantitative estimate of drug-likeness (QED) is 0.234. The van der Waals surface area contributed by atoms with E-state index in [4.69, 9.17) is 9.47 Å². The van der Waals surface area contributed by atoms with E-state index in [0.717, 1.165) is 0 Å². The van der Waals surface area contributed by atoms with Gasteiger partial charge >= 0.3 is 0 Å². The smallest absolute Gasteiger partial charge is 0.180 e. The third-order valence-corrected chi connectivity index (χ3v) is 0.754. The second kappa shape index (κ2) is 8.84. The number of rotatable bonds is 7. The third kappa shape index (κ3) is 7.84. The molecule has 10 heavy (non-hydrogen) atoms. The molecule has 0 spiro atoms. The van der Waals surface area contributed by atoms with E-state index in [1.54, 1.807) is 0 Å². The van der Waals surface area contributed by atoms with Crippen molar-refractivity contribution in [1.82, 2.24) is 0 Å². The highest BCUT2D eigenvalue weighted by atomic mass is 17.2. The van der Waals surface area contributed by atoms with Crippen LogP contribution in [0.1, 0.15) is 13.8 Å². The molecule has 4 nitrogen and oxygen atoms in total. The van der Waals surface area contributed by atoms with Gasteiger partial charge in [-0.1, -0.05) is 0 Å². The van der Waals surface area contributed by atoms with Crippen molar-refractivity contribution in [3.8, 4) is 0 Å². The van der Waals surface area contributed by atoms with Crippen molar-refractivity contribution < 1.29 is 19.2 Å². The van der Waals surface area contributed by atoms with Gasteiger partial charge in [-0.25, -0.2) is 9.78 Å². The molecule has 4 heteroatoms. The Morgan fingerprint density at radius 3 is 1.50 bits per heavy atom. The van der Waals surface area contributed by atoms with E-state index in [0.29, 0.717) is 13.2 Å². The Labute approximate surface area is 60.9 Å². The predicted octanol–water partition coefficient (Wildman–Crippen LogP) is 0.923. The highest BCUT2D eigenvalue weighted by Gasteiger charge is 1.85. The second-order valence-corrected chi connectivity index (χ2v) is 1.46. The molecule has 0 aliphatic carbocycles. The maximum Gasteiger partial charge on any atom is 0.180 e. The molecule has 0 aromatic heterocycles. The lowest BCUT2D eigenvalue weighted by molar-refractivity contribution is -0.368. The van der Waals surface area contributed by atoms with E-state index in [1.807, 2.05) is 13.8 Å². The van der Waals surface area contributed by atoms with Crippen LogP contribution in [0.15, 0.2) is 0 Å². The first kappa shape index (κ1) is 9.84. The van der Waals surface area contributed by atoms with Crippen molar-refractivity contribution in [1.29, 1.82) is 0 Å². The Hall–Kier alpha value is -0.160. The first-order valence-electron chi connectivity index (χ1n) is 3.31. The van der Waals surface area contributed by atoms with Gasteiger partial charge in [-0.15, -0.1) is 0 Å². The van der Waals surface area contributed by atoms with Gasteiger partial charge in [-0.05, 0) is 13.8 Å². The van der Waals surface area contributed by atoms with Gasteiger partial charge in [0.15, 0.2) is 13.6 Å². The fraction of sp³-hybridized carbons (Fsp3) is 1.00. The molecular weight excluding hydrogens is 136 g/mol. The van der Waals surface area contributed by atoms with Crippen LogP contribution in [-0.4, -0.2) is 26.8 Å². The summed E-state index contributed by atoms with van der Waals surface area (Å²) < 4.78 is 9.62. The zero-order valence-electron chi connectivity index (χ0n) is 6.46. The van der Waals surface area contributed by atoms with Crippen LogP contribution in [-0.2, 0) is 19.2 Å². The zero-order chi connectivity index (χ0) is 7.66. The Balaban J connectivity index is 2.65. The Kier molecular flexibility index (Phi) is 8.70. The number of hydrogen-bond donors (Lipinski definition) is 0. The summed E-state index contributed by atoms with van der Waals surface area (Å²) in [5, 5.41) is 0. The molecule has 0 amide bonds. The first-order valence-corrected chi connectivity index (χ1v) is 3.31. The van der Waals surface area contributed by atoms with E-state index in [9.17, 15) is 0 Å². The molecule has 0 radical (unpaired) electrons. The molecule has 0 aliphatic rings. The summed E-state index contributed by atoms with van der Waals surface area (Å²) in [7, 11) is 0.